The summed E-state index contributed by atoms with van der Waals surface area (Å²) in [7, 11) is 1.97. The standard InChI is InChI=1S/C14H21ClN4/c1-5-19-13(14(15)11(3)17-19)9-18-7-6-12(8-18)10(2)16-4/h6-8,10,16H,5,9H2,1-4H3. The minimum atomic E-state index is 0.356. The van der Waals surface area contributed by atoms with Crippen LogP contribution in [0.4, 0.5) is 0 Å². The van der Waals surface area contributed by atoms with Gasteiger partial charge in [-0.1, -0.05) is 11.6 Å². The highest BCUT2D eigenvalue weighted by Crippen LogP contribution is 2.22. The van der Waals surface area contributed by atoms with Crippen LogP contribution in [0.1, 0.15) is 36.8 Å². The molecule has 0 amide bonds. The Kier molecular flexibility index (Phi) is 4.32. The molecule has 1 atom stereocenters. The molecule has 19 heavy (non-hydrogen) atoms. The van der Waals surface area contributed by atoms with Crippen LogP contribution in [-0.4, -0.2) is 21.4 Å². The van der Waals surface area contributed by atoms with Crippen molar-refractivity contribution >= 4 is 11.6 Å². The third-order valence-electron chi connectivity index (χ3n) is 3.49. The normalized spacial score (nSPS) is 12.9. The number of hydrogen-bond donors (Lipinski definition) is 1. The maximum Gasteiger partial charge on any atom is 0.0865 e. The monoisotopic (exact) mass is 280 g/mol. The Morgan fingerprint density at radius 3 is 2.84 bits per heavy atom. The van der Waals surface area contributed by atoms with Crippen LogP contribution in [0.5, 0.6) is 0 Å². The average Bonchev–Trinajstić information content (AvgIpc) is 2.98. The van der Waals surface area contributed by atoms with Gasteiger partial charge >= 0.3 is 0 Å². The fourth-order valence-electron chi connectivity index (χ4n) is 2.17. The predicted molar refractivity (Wildman–Crippen MR) is 78.7 cm³/mol. The number of halogens is 1. The van der Waals surface area contributed by atoms with Crippen molar-refractivity contribution in [2.24, 2.45) is 0 Å². The summed E-state index contributed by atoms with van der Waals surface area (Å²) >= 11 is 6.33. The quantitative estimate of drug-likeness (QED) is 0.914. The summed E-state index contributed by atoms with van der Waals surface area (Å²) in [6, 6.07) is 2.49. The molecule has 2 rings (SSSR count). The van der Waals surface area contributed by atoms with Gasteiger partial charge in [0.1, 0.15) is 0 Å². The van der Waals surface area contributed by atoms with E-state index in [-0.39, 0.29) is 0 Å². The van der Waals surface area contributed by atoms with Crippen LogP contribution in [0.25, 0.3) is 0 Å². The van der Waals surface area contributed by atoms with Crippen LogP contribution in [-0.2, 0) is 13.1 Å². The number of rotatable bonds is 5. The van der Waals surface area contributed by atoms with Gasteiger partial charge in [0, 0.05) is 25.0 Å². The molecule has 0 aromatic carbocycles. The lowest BCUT2D eigenvalue weighted by atomic mass is 10.2. The number of hydrogen-bond acceptors (Lipinski definition) is 2. The highest BCUT2D eigenvalue weighted by molar-refractivity contribution is 6.31. The highest BCUT2D eigenvalue weighted by atomic mass is 35.5. The Hall–Kier alpha value is -1.26. The molecule has 0 saturated carbocycles. The molecule has 104 valence electrons. The molecule has 0 fully saturated rings. The molecule has 1 unspecified atom stereocenters. The summed E-state index contributed by atoms with van der Waals surface area (Å²) in [5.74, 6) is 0. The summed E-state index contributed by atoms with van der Waals surface area (Å²) in [5, 5.41) is 8.46. The van der Waals surface area contributed by atoms with Gasteiger partial charge < -0.3 is 9.88 Å². The third-order valence-corrected chi connectivity index (χ3v) is 3.98. The van der Waals surface area contributed by atoms with Crippen molar-refractivity contribution in [1.29, 1.82) is 0 Å². The van der Waals surface area contributed by atoms with E-state index in [0.29, 0.717) is 6.04 Å². The summed E-state index contributed by atoms with van der Waals surface area (Å²) < 4.78 is 4.12. The minimum absolute atomic E-state index is 0.356. The predicted octanol–water partition coefficient (Wildman–Crippen LogP) is 3.00. The van der Waals surface area contributed by atoms with Crippen molar-refractivity contribution in [3.8, 4) is 0 Å². The lowest BCUT2D eigenvalue weighted by Crippen LogP contribution is -2.11. The lowest BCUT2D eigenvalue weighted by molar-refractivity contribution is 0.596. The zero-order valence-corrected chi connectivity index (χ0v) is 12.7. The molecule has 0 radical (unpaired) electrons. The van der Waals surface area contributed by atoms with E-state index in [9.17, 15) is 0 Å². The zero-order chi connectivity index (χ0) is 14.0. The molecule has 2 aromatic heterocycles. The van der Waals surface area contributed by atoms with E-state index in [1.165, 1.54) is 5.56 Å². The molecule has 2 heterocycles. The first-order valence-electron chi connectivity index (χ1n) is 6.61. The van der Waals surface area contributed by atoms with Crippen molar-refractivity contribution in [2.45, 2.75) is 39.9 Å². The minimum Gasteiger partial charge on any atom is -0.348 e. The van der Waals surface area contributed by atoms with Crippen molar-refractivity contribution in [3.63, 3.8) is 0 Å². The average molecular weight is 281 g/mol. The van der Waals surface area contributed by atoms with Crippen LogP contribution < -0.4 is 5.32 Å². The molecule has 0 aliphatic rings. The van der Waals surface area contributed by atoms with Crippen molar-refractivity contribution in [3.05, 3.63) is 40.4 Å². The van der Waals surface area contributed by atoms with Crippen molar-refractivity contribution in [1.82, 2.24) is 19.7 Å². The fraction of sp³-hybridized carbons (Fsp3) is 0.500. The molecule has 4 nitrogen and oxygen atoms in total. The zero-order valence-electron chi connectivity index (χ0n) is 11.9. The molecular weight excluding hydrogens is 260 g/mol. The van der Waals surface area contributed by atoms with Crippen molar-refractivity contribution < 1.29 is 0 Å². The highest BCUT2D eigenvalue weighted by Gasteiger charge is 2.13. The van der Waals surface area contributed by atoms with Gasteiger partial charge in [0.2, 0.25) is 0 Å². The molecule has 0 aliphatic carbocycles. The van der Waals surface area contributed by atoms with E-state index in [0.717, 1.165) is 29.5 Å². The second kappa shape index (κ2) is 5.80. The topological polar surface area (TPSA) is 34.8 Å². The van der Waals surface area contributed by atoms with Gasteiger partial charge in [-0.2, -0.15) is 5.10 Å². The Morgan fingerprint density at radius 2 is 2.21 bits per heavy atom. The number of nitrogens with one attached hydrogen (secondary N) is 1. The summed E-state index contributed by atoms with van der Waals surface area (Å²) in [4.78, 5) is 0. The fourth-order valence-corrected chi connectivity index (χ4v) is 2.37. The van der Waals surface area contributed by atoms with Crippen LogP contribution in [0.3, 0.4) is 0 Å². The first-order chi connectivity index (χ1) is 9.06. The van der Waals surface area contributed by atoms with Gasteiger partial charge in [0.25, 0.3) is 0 Å². The van der Waals surface area contributed by atoms with Gasteiger partial charge in [0.05, 0.1) is 23.0 Å². The summed E-state index contributed by atoms with van der Waals surface area (Å²) in [6.07, 6.45) is 4.24. The molecule has 0 aliphatic heterocycles. The molecular formula is C14H21ClN4. The summed E-state index contributed by atoms with van der Waals surface area (Å²) in [5.41, 5.74) is 3.24. The first kappa shape index (κ1) is 14.2. The Balaban J connectivity index is 2.24. The van der Waals surface area contributed by atoms with Crippen molar-refractivity contribution in [2.75, 3.05) is 7.05 Å². The molecule has 5 heteroatoms. The second-order valence-electron chi connectivity index (χ2n) is 4.79. The maximum atomic E-state index is 6.33. The van der Waals surface area contributed by atoms with Gasteiger partial charge in [0.15, 0.2) is 0 Å². The van der Waals surface area contributed by atoms with E-state index in [1.54, 1.807) is 0 Å². The molecule has 0 bridgehead atoms. The summed E-state index contributed by atoms with van der Waals surface area (Å²) in [6.45, 7) is 7.76. The Labute approximate surface area is 119 Å². The molecule has 2 aromatic rings. The van der Waals surface area contributed by atoms with Gasteiger partial charge in [-0.15, -0.1) is 0 Å². The molecule has 0 saturated heterocycles. The Morgan fingerprint density at radius 1 is 1.47 bits per heavy atom. The van der Waals surface area contributed by atoms with Crippen LogP contribution in [0.15, 0.2) is 18.5 Å². The van der Waals surface area contributed by atoms with E-state index >= 15 is 0 Å². The van der Waals surface area contributed by atoms with Crippen LogP contribution >= 0.6 is 11.6 Å². The van der Waals surface area contributed by atoms with Gasteiger partial charge in [-0.25, -0.2) is 0 Å². The second-order valence-corrected chi connectivity index (χ2v) is 5.17. The van der Waals surface area contributed by atoms with E-state index in [4.69, 9.17) is 11.6 Å². The number of aryl methyl sites for hydroxylation is 2. The third kappa shape index (κ3) is 2.85. The Bertz CT molecular complexity index is 556. The number of nitrogens with zero attached hydrogens (tertiary/aromatic N) is 3. The first-order valence-corrected chi connectivity index (χ1v) is 6.99. The maximum absolute atomic E-state index is 6.33. The SMILES string of the molecule is CCn1nc(C)c(Cl)c1Cn1ccc(C(C)NC)c1. The van der Waals surface area contributed by atoms with E-state index in [1.807, 2.05) is 18.7 Å². The largest absolute Gasteiger partial charge is 0.348 e. The van der Waals surface area contributed by atoms with Gasteiger partial charge in [-0.3, -0.25) is 4.68 Å². The van der Waals surface area contributed by atoms with Gasteiger partial charge in [-0.05, 0) is 39.4 Å². The molecule has 0 spiro atoms. The number of aromatic nitrogens is 3. The molecule has 1 N–H and O–H groups in total. The van der Waals surface area contributed by atoms with Crippen LogP contribution in [0.2, 0.25) is 5.02 Å². The van der Waals surface area contributed by atoms with Crippen LogP contribution in [0, 0.1) is 6.92 Å². The smallest absolute Gasteiger partial charge is 0.0865 e. The van der Waals surface area contributed by atoms with E-state index < -0.39 is 0 Å². The lowest BCUT2D eigenvalue weighted by Gasteiger charge is -2.08. The van der Waals surface area contributed by atoms with E-state index in [2.05, 4.69) is 47.3 Å².